The maximum atomic E-state index is 4.12. The van der Waals surface area contributed by atoms with Crippen molar-refractivity contribution >= 4 is 21.8 Å². The molecule has 0 aliphatic heterocycles. The maximum Gasteiger partial charge on any atom is 0.204 e. The van der Waals surface area contributed by atoms with Gasteiger partial charge in [-0.05, 0) is 47.0 Å². The molecule has 0 amide bonds. The van der Waals surface area contributed by atoms with E-state index < -0.39 is 0 Å². The van der Waals surface area contributed by atoms with Gasteiger partial charge >= 0.3 is 0 Å². The molecule has 5 aromatic rings. The van der Waals surface area contributed by atoms with E-state index in [2.05, 4.69) is 98.8 Å². The number of H-pyrrole nitrogens is 1. The van der Waals surface area contributed by atoms with Crippen LogP contribution in [0.25, 0.3) is 33.2 Å². The predicted octanol–water partition coefficient (Wildman–Crippen LogP) is 4.98. The molecule has 0 unspecified atom stereocenters. The average molecular weight is 367 g/mol. The molecule has 3 aromatic carbocycles. The molecule has 28 heavy (non-hydrogen) atoms. The summed E-state index contributed by atoms with van der Waals surface area (Å²) in [5, 5.41) is 16.9. The van der Waals surface area contributed by atoms with Crippen LogP contribution in [0, 0.1) is 0 Å². The Morgan fingerprint density at radius 1 is 0.857 bits per heavy atom. The molecule has 5 heteroatoms. The third-order valence-corrected chi connectivity index (χ3v) is 5.28. The first-order valence-electron chi connectivity index (χ1n) is 9.66. The monoisotopic (exact) mass is 367 g/mol. The van der Waals surface area contributed by atoms with Gasteiger partial charge in [-0.15, -0.1) is 10.2 Å². The van der Waals surface area contributed by atoms with Gasteiger partial charge in [0.1, 0.15) is 0 Å². The summed E-state index contributed by atoms with van der Waals surface area (Å²) in [7, 11) is 0. The molecule has 138 valence electrons. The maximum absolute atomic E-state index is 4.12. The van der Waals surface area contributed by atoms with Gasteiger partial charge < -0.3 is 4.57 Å². The molecule has 0 saturated heterocycles. The topological polar surface area (TPSA) is 59.4 Å². The van der Waals surface area contributed by atoms with Gasteiger partial charge in [-0.3, -0.25) is 0 Å². The lowest BCUT2D eigenvalue weighted by Crippen LogP contribution is -1.99. The van der Waals surface area contributed by atoms with Crippen LogP contribution < -0.4 is 0 Å². The van der Waals surface area contributed by atoms with Gasteiger partial charge in [-0.25, -0.2) is 0 Å². The molecule has 0 aliphatic carbocycles. The molecular weight excluding hydrogens is 346 g/mol. The summed E-state index contributed by atoms with van der Waals surface area (Å²) in [5.74, 6) is 0.616. The van der Waals surface area contributed by atoms with E-state index in [0.717, 1.165) is 18.5 Å². The van der Waals surface area contributed by atoms with Crippen LogP contribution in [0.2, 0.25) is 0 Å². The Balaban J connectivity index is 1.63. The third-order valence-electron chi connectivity index (χ3n) is 5.28. The summed E-state index contributed by atoms with van der Waals surface area (Å²) in [5.41, 5.74) is 6.13. The quantitative estimate of drug-likeness (QED) is 0.477. The van der Waals surface area contributed by atoms with Gasteiger partial charge in [-0.2, -0.15) is 5.21 Å². The fourth-order valence-corrected chi connectivity index (χ4v) is 3.93. The fraction of sp³-hybridized carbons (Fsp3) is 0.174. The van der Waals surface area contributed by atoms with Crippen molar-refractivity contribution in [2.45, 2.75) is 26.3 Å². The second-order valence-corrected chi connectivity index (χ2v) is 7.14. The molecule has 5 rings (SSSR count). The molecule has 5 nitrogen and oxygen atoms in total. The molecule has 1 N–H and O–H groups in total. The number of rotatable bonds is 5. The van der Waals surface area contributed by atoms with E-state index in [0.29, 0.717) is 5.82 Å². The van der Waals surface area contributed by atoms with Crippen molar-refractivity contribution in [2.24, 2.45) is 0 Å². The van der Waals surface area contributed by atoms with Crippen molar-refractivity contribution in [3.8, 4) is 11.4 Å². The number of aromatic amines is 1. The van der Waals surface area contributed by atoms with E-state index in [4.69, 9.17) is 0 Å². The van der Waals surface area contributed by atoms with Gasteiger partial charge in [0.05, 0.1) is 0 Å². The van der Waals surface area contributed by atoms with Gasteiger partial charge in [0.2, 0.25) is 5.82 Å². The van der Waals surface area contributed by atoms with Gasteiger partial charge in [0.15, 0.2) is 0 Å². The highest BCUT2D eigenvalue weighted by atomic mass is 15.5. The Hall–Kier alpha value is -3.47. The number of nitrogens with one attached hydrogen (secondary N) is 1. The Morgan fingerprint density at radius 3 is 2.43 bits per heavy atom. The zero-order valence-corrected chi connectivity index (χ0v) is 15.8. The largest absolute Gasteiger partial charge is 0.336 e. The summed E-state index contributed by atoms with van der Waals surface area (Å²) >= 11 is 0. The molecule has 2 aromatic heterocycles. The zero-order chi connectivity index (χ0) is 18.9. The summed E-state index contributed by atoms with van der Waals surface area (Å²) in [6, 6.07) is 23.9. The smallest absolute Gasteiger partial charge is 0.204 e. The number of aryl methyl sites for hydroxylation is 1. The second kappa shape index (κ2) is 6.93. The number of tetrazole rings is 1. The van der Waals surface area contributed by atoms with Crippen LogP contribution in [0.1, 0.15) is 24.5 Å². The molecule has 0 bridgehead atoms. The molecule has 0 spiro atoms. The number of nitrogens with zero attached hydrogens (tertiary/aromatic N) is 4. The summed E-state index contributed by atoms with van der Waals surface area (Å²) < 4.78 is 2.39. The Bertz CT molecular complexity index is 1230. The van der Waals surface area contributed by atoms with Gasteiger partial charge in [0, 0.05) is 33.9 Å². The predicted molar refractivity (Wildman–Crippen MR) is 112 cm³/mol. The van der Waals surface area contributed by atoms with Crippen LogP contribution in [0.5, 0.6) is 0 Å². The van der Waals surface area contributed by atoms with Crippen molar-refractivity contribution < 1.29 is 0 Å². The first kappa shape index (κ1) is 16.7. The number of benzene rings is 3. The highest BCUT2D eigenvalue weighted by Crippen LogP contribution is 2.32. The van der Waals surface area contributed by atoms with Crippen LogP contribution in [-0.2, 0) is 13.0 Å². The summed E-state index contributed by atoms with van der Waals surface area (Å²) in [6.45, 7) is 3.06. The Kier molecular flexibility index (Phi) is 4.13. The van der Waals surface area contributed by atoms with E-state index in [1.54, 1.807) is 0 Å². The zero-order valence-electron chi connectivity index (χ0n) is 15.8. The van der Waals surface area contributed by atoms with Crippen molar-refractivity contribution in [2.75, 3.05) is 0 Å². The number of hydrogen-bond acceptors (Lipinski definition) is 3. The van der Waals surface area contributed by atoms with E-state index in [9.17, 15) is 0 Å². The third kappa shape index (κ3) is 2.85. The lowest BCUT2D eigenvalue weighted by atomic mass is 10.1. The van der Waals surface area contributed by atoms with Crippen LogP contribution >= 0.6 is 0 Å². The van der Waals surface area contributed by atoms with Gasteiger partial charge in [-0.1, -0.05) is 55.8 Å². The Labute approximate surface area is 163 Å². The lowest BCUT2D eigenvalue weighted by Gasteiger charge is -2.09. The van der Waals surface area contributed by atoms with Crippen LogP contribution in [-0.4, -0.2) is 25.2 Å². The van der Waals surface area contributed by atoms with Crippen LogP contribution in [0.3, 0.4) is 0 Å². The number of para-hydroxylation sites is 1. The fourth-order valence-electron chi connectivity index (χ4n) is 3.93. The molecule has 0 saturated carbocycles. The molecule has 0 atom stereocenters. The second-order valence-electron chi connectivity index (χ2n) is 7.14. The SMILES string of the molecule is CCCc1ccc(Cn2c3ccccc3c3cc(-c4nn[nH]n4)ccc32)cc1. The van der Waals surface area contributed by atoms with Crippen molar-refractivity contribution in [3.05, 3.63) is 77.9 Å². The summed E-state index contributed by atoms with van der Waals surface area (Å²) in [4.78, 5) is 0. The standard InChI is InChI=1S/C23H21N5/c1-2-5-16-8-10-17(11-9-16)15-28-21-7-4-3-6-19(21)20-14-18(12-13-22(20)28)23-24-26-27-25-23/h3-4,6-14H,2,5,15H2,1H3,(H,24,25,26,27). The molecule has 0 aliphatic rings. The highest BCUT2D eigenvalue weighted by Gasteiger charge is 2.13. The molecule has 2 heterocycles. The van der Waals surface area contributed by atoms with E-state index in [-0.39, 0.29) is 0 Å². The highest BCUT2D eigenvalue weighted by molar-refractivity contribution is 6.09. The average Bonchev–Trinajstić information content (AvgIpc) is 3.37. The minimum Gasteiger partial charge on any atom is -0.336 e. The van der Waals surface area contributed by atoms with E-state index in [1.807, 2.05) is 0 Å². The van der Waals surface area contributed by atoms with E-state index in [1.165, 1.54) is 39.4 Å². The Morgan fingerprint density at radius 2 is 1.64 bits per heavy atom. The van der Waals surface area contributed by atoms with Gasteiger partial charge in [0.25, 0.3) is 0 Å². The van der Waals surface area contributed by atoms with E-state index >= 15 is 0 Å². The van der Waals surface area contributed by atoms with Crippen molar-refractivity contribution in [3.63, 3.8) is 0 Å². The normalized spacial score (nSPS) is 11.5. The van der Waals surface area contributed by atoms with Crippen molar-refractivity contribution in [1.82, 2.24) is 25.2 Å². The number of hydrogen-bond donors (Lipinski definition) is 1. The summed E-state index contributed by atoms with van der Waals surface area (Å²) in [6.07, 6.45) is 2.31. The minimum absolute atomic E-state index is 0.616. The van der Waals surface area contributed by atoms with Crippen LogP contribution in [0.15, 0.2) is 66.7 Å². The first-order chi connectivity index (χ1) is 13.8. The molecule has 0 radical (unpaired) electrons. The van der Waals surface area contributed by atoms with Crippen molar-refractivity contribution in [1.29, 1.82) is 0 Å². The lowest BCUT2D eigenvalue weighted by molar-refractivity contribution is 0.864. The molecule has 0 fully saturated rings. The number of fused-ring (bicyclic) bond motifs is 3. The first-order valence-corrected chi connectivity index (χ1v) is 9.66. The molecular formula is C23H21N5. The number of aromatic nitrogens is 5. The minimum atomic E-state index is 0.616. The van der Waals surface area contributed by atoms with Crippen LogP contribution in [0.4, 0.5) is 0 Å².